The van der Waals surface area contributed by atoms with Crippen LogP contribution in [0.4, 0.5) is 16.4 Å². The number of anilines is 1. The zero-order chi connectivity index (χ0) is 30.1. The third-order valence-electron chi connectivity index (χ3n) is 8.37. The number of amides is 1. The molecule has 218 valence electrons. The van der Waals surface area contributed by atoms with Crippen molar-refractivity contribution < 1.29 is 9.72 Å². The van der Waals surface area contributed by atoms with Crippen molar-refractivity contribution in [3.63, 3.8) is 0 Å². The molecular formula is C35H34N4O3S. The smallest absolute Gasteiger partial charge is 0.269 e. The number of benzene rings is 3. The first-order chi connectivity index (χ1) is 20.7. The molecule has 0 spiro atoms. The van der Waals surface area contributed by atoms with Gasteiger partial charge >= 0.3 is 0 Å². The Kier molecular flexibility index (Phi) is 7.71. The SMILES string of the molecule is CC(C)(C)[C@H]1CCc2c(sc(N=Cc3cn(Cc4ccc([N+](=O)[O-])cc4)c4ccccc34)c2C(=O)Nc2ccccc2)C1. The highest BCUT2D eigenvalue weighted by atomic mass is 32.1. The molecule has 0 fully saturated rings. The monoisotopic (exact) mass is 590 g/mol. The average Bonchev–Trinajstić information content (AvgIpc) is 3.54. The fraction of sp³-hybridized carbons (Fsp3) is 0.257. The standard InChI is InChI=1S/C35H34N4O3S/c1-35(2,3)25-15-18-29-31(19-25)43-34(32(29)33(40)37-26-9-5-4-6-10-26)36-20-24-22-38(30-12-8-7-11-28(24)30)21-23-13-16-27(17-14-23)39(41)42/h4-14,16-17,20,22,25H,15,18-19,21H2,1-3H3,(H,37,40)/t25-/m0/s1. The van der Waals surface area contributed by atoms with Crippen LogP contribution in [-0.4, -0.2) is 21.6 Å². The molecule has 8 heteroatoms. The van der Waals surface area contributed by atoms with Crippen molar-refractivity contribution in [3.8, 4) is 0 Å². The Labute approximate surface area is 255 Å². The molecule has 2 aromatic heterocycles. The second-order valence-corrected chi connectivity index (χ2v) is 13.3. The Hall–Kier alpha value is -4.56. The molecule has 5 aromatic rings. The van der Waals surface area contributed by atoms with Crippen molar-refractivity contribution in [3.05, 3.63) is 122 Å². The Morgan fingerprint density at radius 1 is 1.07 bits per heavy atom. The van der Waals surface area contributed by atoms with Crippen molar-refractivity contribution in [2.24, 2.45) is 16.3 Å². The number of nitro benzene ring substituents is 1. The molecule has 0 saturated carbocycles. The molecule has 1 aliphatic rings. The van der Waals surface area contributed by atoms with Gasteiger partial charge in [-0.2, -0.15) is 0 Å². The Bertz CT molecular complexity index is 1830. The van der Waals surface area contributed by atoms with Crippen LogP contribution in [0.1, 0.15) is 59.1 Å². The van der Waals surface area contributed by atoms with Gasteiger partial charge in [0.1, 0.15) is 5.00 Å². The molecule has 0 unspecified atom stereocenters. The molecule has 3 aromatic carbocycles. The minimum absolute atomic E-state index is 0.0773. The molecule has 1 atom stereocenters. The maximum atomic E-state index is 13.7. The Morgan fingerprint density at radius 2 is 1.79 bits per heavy atom. The summed E-state index contributed by atoms with van der Waals surface area (Å²) in [5.41, 5.74) is 5.81. The minimum Gasteiger partial charge on any atom is -0.342 e. The summed E-state index contributed by atoms with van der Waals surface area (Å²) in [6.45, 7) is 7.46. The van der Waals surface area contributed by atoms with E-state index in [9.17, 15) is 14.9 Å². The Balaban J connectivity index is 1.36. The van der Waals surface area contributed by atoms with Crippen molar-refractivity contribution in [2.75, 3.05) is 5.32 Å². The van der Waals surface area contributed by atoms with E-state index in [1.165, 1.54) is 17.0 Å². The number of aromatic nitrogens is 1. The van der Waals surface area contributed by atoms with Crippen LogP contribution in [0.3, 0.4) is 0 Å². The first-order valence-electron chi connectivity index (χ1n) is 14.5. The van der Waals surface area contributed by atoms with Gasteiger partial charge in [0.05, 0.1) is 10.5 Å². The number of thiophene rings is 1. The zero-order valence-electron chi connectivity index (χ0n) is 24.5. The van der Waals surface area contributed by atoms with E-state index < -0.39 is 0 Å². The maximum absolute atomic E-state index is 13.7. The summed E-state index contributed by atoms with van der Waals surface area (Å²) in [6.07, 6.45) is 6.81. The quantitative estimate of drug-likeness (QED) is 0.117. The van der Waals surface area contributed by atoms with E-state index in [4.69, 9.17) is 4.99 Å². The third-order valence-corrected chi connectivity index (χ3v) is 9.53. The van der Waals surface area contributed by atoms with E-state index in [2.05, 4.69) is 49.0 Å². The number of hydrogen-bond donors (Lipinski definition) is 1. The second kappa shape index (κ2) is 11.6. The van der Waals surface area contributed by atoms with E-state index in [0.29, 0.717) is 18.0 Å². The molecule has 1 aliphatic carbocycles. The number of non-ortho nitro benzene ring substituents is 1. The van der Waals surface area contributed by atoms with Crippen LogP contribution < -0.4 is 5.32 Å². The van der Waals surface area contributed by atoms with Gasteiger partial charge in [0.15, 0.2) is 0 Å². The lowest BCUT2D eigenvalue weighted by atomic mass is 9.72. The lowest BCUT2D eigenvalue weighted by Gasteiger charge is -2.33. The highest BCUT2D eigenvalue weighted by Crippen LogP contribution is 2.45. The number of carbonyl (C=O) groups excluding carboxylic acids is 1. The molecule has 1 N–H and O–H groups in total. The number of nitro groups is 1. The van der Waals surface area contributed by atoms with Crippen molar-refractivity contribution in [1.29, 1.82) is 0 Å². The molecule has 0 saturated heterocycles. The van der Waals surface area contributed by atoms with Crippen molar-refractivity contribution >= 4 is 50.7 Å². The topological polar surface area (TPSA) is 89.5 Å². The van der Waals surface area contributed by atoms with Gasteiger partial charge < -0.3 is 9.88 Å². The van der Waals surface area contributed by atoms with Crippen LogP contribution in [0.2, 0.25) is 0 Å². The van der Waals surface area contributed by atoms with Gasteiger partial charge in [-0.3, -0.25) is 14.9 Å². The number of aliphatic imine (C=N–C) groups is 1. The maximum Gasteiger partial charge on any atom is 0.269 e. The highest BCUT2D eigenvalue weighted by molar-refractivity contribution is 7.16. The van der Waals surface area contributed by atoms with Gasteiger partial charge in [0, 0.05) is 58.1 Å². The Morgan fingerprint density at radius 3 is 2.51 bits per heavy atom. The number of nitrogens with one attached hydrogen (secondary N) is 1. The summed E-state index contributed by atoms with van der Waals surface area (Å²) >= 11 is 1.64. The molecule has 2 heterocycles. The predicted octanol–water partition coefficient (Wildman–Crippen LogP) is 8.81. The lowest BCUT2D eigenvalue weighted by Crippen LogP contribution is -2.27. The molecule has 43 heavy (non-hydrogen) atoms. The van der Waals surface area contributed by atoms with Crippen LogP contribution in [0.15, 0.2) is 90.1 Å². The average molecular weight is 591 g/mol. The van der Waals surface area contributed by atoms with Gasteiger partial charge in [-0.1, -0.05) is 69.3 Å². The molecule has 7 nitrogen and oxygen atoms in total. The minimum atomic E-state index is -0.385. The number of fused-ring (bicyclic) bond motifs is 2. The molecular weight excluding hydrogens is 556 g/mol. The van der Waals surface area contributed by atoms with Crippen LogP contribution in [0.25, 0.3) is 10.9 Å². The van der Waals surface area contributed by atoms with Crippen LogP contribution in [0, 0.1) is 21.4 Å². The summed E-state index contributed by atoms with van der Waals surface area (Å²) in [5.74, 6) is 0.434. The second-order valence-electron chi connectivity index (χ2n) is 12.2. The largest absolute Gasteiger partial charge is 0.342 e. The molecule has 0 bridgehead atoms. The number of hydrogen-bond acceptors (Lipinski definition) is 5. The fourth-order valence-corrected chi connectivity index (χ4v) is 7.18. The number of carbonyl (C=O) groups is 1. The highest BCUT2D eigenvalue weighted by Gasteiger charge is 2.33. The summed E-state index contributed by atoms with van der Waals surface area (Å²) < 4.78 is 2.13. The van der Waals surface area contributed by atoms with Gasteiger partial charge in [0.2, 0.25) is 0 Å². The van der Waals surface area contributed by atoms with Crippen molar-refractivity contribution in [1.82, 2.24) is 4.57 Å². The van der Waals surface area contributed by atoms with E-state index in [1.54, 1.807) is 23.5 Å². The molecule has 1 amide bonds. The summed E-state index contributed by atoms with van der Waals surface area (Å²) in [4.78, 5) is 30.7. The summed E-state index contributed by atoms with van der Waals surface area (Å²) in [5, 5.41) is 16.0. The third kappa shape index (κ3) is 6.01. The van der Waals surface area contributed by atoms with E-state index in [-0.39, 0.29) is 21.9 Å². The van der Waals surface area contributed by atoms with Gasteiger partial charge in [-0.15, -0.1) is 11.3 Å². The normalized spacial score (nSPS) is 15.1. The zero-order valence-corrected chi connectivity index (χ0v) is 25.4. The van der Waals surface area contributed by atoms with Crippen LogP contribution >= 0.6 is 11.3 Å². The summed E-state index contributed by atoms with van der Waals surface area (Å²) in [7, 11) is 0. The number of para-hydroxylation sites is 2. The van der Waals surface area contributed by atoms with Gasteiger partial charge in [0.25, 0.3) is 11.6 Å². The predicted molar refractivity (Wildman–Crippen MR) is 175 cm³/mol. The molecule has 0 radical (unpaired) electrons. The lowest BCUT2D eigenvalue weighted by molar-refractivity contribution is -0.384. The van der Waals surface area contributed by atoms with E-state index in [1.807, 2.05) is 48.7 Å². The fourth-order valence-electron chi connectivity index (χ4n) is 5.91. The van der Waals surface area contributed by atoms with Gasteiger partial charge in [-0.25, -0.2) is 4.99 Å². The molecule has 6 rings (SSSR count). The van der Waals surface area contributed by atoms with E-state index in [0.717, 1.165) is 57.5 Å². The molecule has 0 aliphatic heterocycles. The first kappa shape index (κ1) is 28.6. The van der Waals surface area contributed by atoms with Crippen molar-refractivity contribution in [2.45, 2.75) is 46.6 Å². The van der Waals surface area contributed by atoms with Crippen LogP contribution in [0.5, 0.6) is 0 Å². The number of nitrogens with zero attached hydrogens (tertiary/aromatic N) is 3. The first-order valence-corrected chi connectivity index (χ1v) is 15.4. The number of rotatable bonds is 7. The van der Waals surface area contributed by atoms with E-state index >= 15 is 0 Å². The van der Waals surface area contributed by atoms with Gasteiger partial charge in [-0.05, 0) is 59.9 Å². The summed E-state index contributed by atoms with van der Waals surface area (Å²) in [6, 6.07) is 24.3. The van der Waals surface area contributed by atoms with Crippen LogP contribution in [-0.2, 0) is 19.4 Å².